The molecule has 2 heterocycles. The number of hydrogen-bond donors (Lipinski definition) is 2. The SMILES string of the molecule is CN=C(NCCc1nc(C(F)(F)F)cs1)NC(C)Cc1ccc(C)s1.I. The van der Waals surface area contributed by atoms with Gasteiger partial charge in [-0.1, -0.05) is 0 Å². The van der Waals surface area contributed by atoms with Crippen molar-refractivity contribution in [3.63, 3.8) is 0 Å². The van der Waals surface area contributed by atoms with Crippen LogP contribution in [0.15, 0.2) is 22.5 Å². The maximum absolute atomic E-state index is 12.5. The van der Waals surface area contributed by atoms with E-state index in [0.717, 1.165) is 23.1 Å². The van der Waals surface area contributed by atoms with Crippen LogP contribution in [0, 0.1) is 6.92 Å². The van der Waals surface area contributed by atoms with E-state index in [1.807, 2.05) is 0 Å². The Kier molecular flexibility index (Phi) is 9.31. The number of aryl methyl sites for hydroxylation is 1. The number of aliphatic imine (C=N–C) groups is 1. The lowest BCUT2D eigenvalue weighted by atomic mass is 10.2. The lowest BCUT2D eigenvalue weighted by molar-refractivity contribution is -0.140. The first kappa shape index (κ1) is 23.2. The fraction of sp³-hybridized carbons (Fsp3) is 0.500. The van der Waals surface area contributed by atoms with Crippen LogP contribution in [0.4, 0.5) is 13.2 Å². The number of thiazole rings is 1. The average Bonchev–Trinajstić information content (AvgIpc) is 3.15. The molecule has 4 nitrogen and oxygen atoms in total. The Labute approximate surface area is 176 Å². The molecule has 146 valence electrons. The van der Waals surface area contributed by atoms with Crippen molar-refractivity contribution < 1.29 is 13.2 Å². The van der Waals surface area contributed by atoms with Gasteiger partial charge in [-0.15, -0.1) is 46.7 Å². The van der Waals surface area contributed by atoms with E-state index in [0.29, 0.717) is 23.9 Å². The molecule has 2 N–H and O–H groups in total. The first-order valence-corrected chi connectivity index (χ1v) is 9.51. The van der Waals surface area contributed by atoms with Crippen LogP contribution in [0.5, 0.6) is 0 Å². The number of nitrogens with zero attached hydrogens (tertiary/aromatic N) is 2. The van der Waals surface area contributed by atoms with Gasteiger partial charge < -0.3 is 10.6 Å². The van der Waals surface area contributed by atoms with E-state index < -0.39 is 11.9 Å². The van der Waals surface area contributed by atoms with E-state index in [1.54, 1.807) is 18.4 Å². The molecule has 0 aromatic carbocycles. The fourth-order valence-electron chi connectivity index (χ4n) is 2.22. The molecule has 0 bridgehead atoms. The Morgan fingerprint density at radius 3 is 2.62 bits per heavy atom. The number of halogens is 4. The second-order valence-corrected chi connectivity index (χ2v) is 7.95. The average molecular weight is 518 g/mol. The second kappa shape index (κ2) is 10.5. The van der Waals surface area contributed by atoms with Gasteiger partial charge in [-0.25, -0.2) is 4.98 Å². The van der Waals surface area contributed by atoms with Crippen LogP contribution in [0.25, 0.3) is 0 Å². The first-order chi connectivity index (χ1) is 11.8. The lowest BCUT2D eigenvalue weighted by Crippen LogP contribution is -2.43. The molecule has 1 unspecified atom stereocenters. The second-order valence-electron chi connectivity index (χ2n) is 5.64. The summed E-state index contributed by atoms with van der Waals surface area (Å²) in [5.41, 5.74) is -0.824. The summed E-state index contributed by atoms with van der Waals surface area (Å²) in [4.78, 5) is 10.4. The summed E-state index contributed by atoms with van der Waals surface area (Å²) < 4.78 is 37.6. The van der Waals surface area contributed by atoms with Crippen LogP contribution < -0.4 is 10.6 Å². The highest BCUT2D eigenvalue weighted by atomic mass is 127. The van der Waals surface area contributed by atoms with Crippen molar-refractivity contribution in [3.05, 3.63) is 38.0 Å². The van der Waals surface area contributed by atoms with Crippen molar-refractivity contribution in [2.75, 3.05) is 13.6 Å². The van der Waals surface area contributed by atoms with Crippen LogP contribution in [-0.2, 0) is 19.0 Å². The fourth-order valence-corrected chi connectivity index (χ4v) is 4.04. The number of thiophene rings is 1. The molecule has 0 aliphatic rings. The van der Waals surface area contributed by atoms with Crippen molar-refractivity contribution in [1.82, 2.24) is 15.6 Å². The molecule has 1 atom stereocenters. The Morgan fingerprint density at radius 1 is 1.35 bits per heavy atom. The van der Waals surface area contributed by atoms with Crippen molar-refractivity contribution in [2.45, 2.75) is 38.9 Å². The third-order valence-electron chi connectivity index (χ3n) is 3.38. The van der Waals surface area contributed by atoms with Crippen LogP contribution in [0.2, 0.25) is 0 Å². The van der Waals surface area contributed by atoms with Gasteiger partial charge in [0.15, 0.2) is 11.7 Å². The molecule has 2 aromatic rings. The molecule has 0 aliphatic carbocycles. The van der Waals surface area contributed by atoms with Gasteiger partial charge >= 0.3 is 6.18 Å². The molecule has 0 spiro atoms. The predicted octanol–water partition coefficient (Wildman–Crippen LogP) is 4.49. The Balaban J connectivity index is 0.00000338. The van der Waals surface area contributed by atoms with E-state index in [9.17, 15) is 13.2 Å². The zero-order valence-electron chi connectivity index (χ0n) is 14.7. The summed E-state index contributed by atoms with van der Waals surface area (Å²) >= 11 is 2.79. The third kappa shape index (κ3) is 7.39. The van der Waals surface area contributed by atoms with Crippen LogP contribution in [0.3, 0.4) is 0 Å². The normalized spacial score (nSPS) is 13.2. The maximum atomic E-state index is 12.5. The van der Waals surface area contributed by atoms with E-state index >= 15 is 0 Å². The van der Waals surface area contributed by atoms with Crippen LogP contribution >= 0.6 is 46.7 Å². The van der Waals surface area contributed by atoms with Crippen molar-refractivity contribution in [1.29, 1.82) is 0 Å². The molecule has 0 amide bonds. The molecular weight excluding hydrogens is 496 g/mol. The van der Waals surface area contributed by atoms with Crippen molar-refractivity contribution in [3.8, 4) is 0 Å². The largest absolute Gasteiger partial charge is 0.434 e. The Hall–Kier alpha value is -0.880. The standard InChI is InChI=1S/C16H21F3N4S2.HI/c1-10(8-12-5-4-11(2)25-12)22-15(20-3)21-7-6-14-23-13(9-24-14)16(17,18)19;/h4-5,9-10H,6-8H2,1-3H3,(H2,20,21,22);1H. The van der Waals surface area contributed by atoms with Crippen LogP contribution in [0.1, 0.15) is 27.4 Å². The summed E-state index contributed by atoms with van der Waals surface area (Å²) in [7, 11) is 1.67. The molecular formula is C16H22F3IN4S2. The number of guanidine groups is 1. The Morgan fingerprint density at radius 2 is 2.08 bits per heavy atom. The number of rotatable bonds is 6. The molecule has 0 radical (unpaired) electrons. The van der Waals surface area contributed by atoms with Gasteiger partial charge in [-0.2, -0.15) is 13.2 Å². The smallest absolute Gasteiger partial charge is 0.356 e. The number of nitrogens with one attached hydrogen (secondary N) is 2. The van der Waals surface area contributed by atoms with E-state index in [4.69, 9.17) is 0 Å². The van der Waals surface area contributed by atoms with Gasteiger partial charge in [-0.3, -0.25) is 4.99 Å². The molecule has 0 saturated heterocycles. The topological polar surface area (TPSA) is 49.3 Å². The molecule has 2 aromatic heterocycles. The number of alkyl halides is 3. The number of aromatic nitrogens is 1. The van der Waals surface area contributed by atoms with Crippen molar-refractivity contribution >= 4 is 52.6 Å². The van der Waals surface area contributed by atoms with E-state index in [-0.39, 0.29) is 30.0 Å². The van der Waals surface area contributed by atoms with Crippen LogP contribution in [-0.4, -0.2) is 30.6 Å². The van der Waals surface area contributed by atoms with Gasteiger partial charge in [0.05, 0.1) is 5.01 Å². The summed E-state index contributed by atoms with van der Waals surface area (Å²) in [5.74, 6) is 0.633. The summed E-state index contributed by atoms with van der Waals surface area (Å²) in [6.45, 7) is 4.61. The van der Waals surface area contributed by atoms with Gasteiger partial charge in [0.1, 0.15) is 0 Å². The Bertz CT molecular complexity index is 712. The minimum atomic E-state index is -4.38. The minimum absolute atomic E-state index is 0. The summed E-state index contributed by atoms with van der Waals surface area (Å²) in [5, 5.41) is 7.91. The highest BCUT2D eigenvalue weighted by molar-refractivity contribution is 14.0. The van der Waals surface area contributed by atoms with Gasteiger partial charge in [-0.05, 0) is 26.0 Å². The summed E-state index contributed by atoms with van der Waals surface area (Å²) in [6.07, 6.45) is -3.07. The predicted molar refractivity (Wildman–Crippen MR) is 113 cm³/mol. The van der Waals surface area contributed by atoms with Gasteiger partial charge in [0.25, 0.3) is 0 Å². The molecule has 2 rings (SSSR count). The third-order valence-corrected chi connectivity index (χ3v) is 5.32. The van der Waals surface area contributed by atoms with Gasteiger partial charge in [0, 0.05) is 47.6 Å². The lowest BCUT2D eigenvalue weighted by Gasteiger charge is -2.17. The maximum Gasteiger partial charge on any atom is 0.434 e. The minimum Gasteiger partial charge on any atom is -0.356 e. The van der Waals surface area contributed by atoms with E-state index in [1.165, 1.54) is 9.75 Å². The molecule has 0 aliphatic heterocycles. The van der Waals surface area contributed by atoms with E-state index in [2.05, 4.69) is 46.6 Å². The highest BCUT2D eigenvalue weighted by Crippen LogP contribution is 2.30. The molecule has 26 heavy (non-hydrogen) atoms. The zero-order valence-corrected chi connectivity index (χ0v) is 18.6. The number of hydrogen-bond acceptors (Lipinski definition) is 4. The first-order valence-electron chi connectivity index (χ1n) is 7.82. The van der Waals surface area contributed by atoms with Crippen molar-refractivity contribution in [2.24, 2.45) is 4.99 Å². The quantitative estimate of drug-likeness (QED) is 0.337. The molecule has 0 saturated carbocycles. The molecule has 0 fully saturated rings. The monoisotopic (exact) mass is 518 g/mol. The molecule has 10 heteroatoms. The highest BCUT2D eigenvalue weighted by Gasteiger charge is 2.33. The zero-order chi connectivity index (χ0) is 18.4. The van der Waals surface area contributed by atoms with Gasteiger partial charge in [0.2, 0.25) is 0 Å². The summed E-state index contributed by atoms with van der Waals surface area (Å²) in [6, 6.07) is 4.42.